The topological polar surface area (TPSA) is 35.5 Å². The van der Waals surface area contributed by atoms with Crippen LogP contribution < -0.4 is 0 Å². The number of carbonyl (C=O) groups is 1. The van der Waals surface area contributed by atoms with E-state index in [1.54, 1.807) is 0 Å². The summed E-state index contributed by atoms with van der Waals surface area (Å²) < 4.78 is 11.0. The first-order valence-corrected chi connectivity index (χ1v) is 4.79. The van der Waals surface area contributed by atoms with Gasteiger partial charge in [0.25, 0.3) is 0 Å². The lowest BCUT2D eigenvalue weighted by Gasteiger charge is -1.98. The molecule has 0 aliphatic rings. The quantitative estimate of drug-likeness (QED) is 0.337. The SMILES string of the molecule is CCCCCCCCC(=O)OOF. The highest BCUT2D eigenvalue weighted by molar-refractivity contribution is 5.68. The van der Waals surface area contributed by atoms with Gasteiger partial charge in [-0.3, -0.25) is 4.89 Å². The summed E-state index contributed by atoms with van der Waals surface area (Å²) in [5.41, 5.74) is 0. The maximum Gasteiger partial charge on any atom is 0.345 e. The molecule has 4 heteroatoms. The van der Waals surface area contributed by atoms with E-state index >= 15 is 0 Å². The van der Waals surface area contributed by atoms with Crippen molar-refractivity contribution in [3.63, 3.8) is 0 Å². The van der Waals surface area contributed by atoms with E-state index in [2.05, 4.69) is 16.9 Å². The lowest BCUT2D eigenvalue weighted by molar-refractivity contribution is -0.399. The second-order valence-electron chi connectivity index (χ2n) is 3.04. The molecule has 0 spiro atoms. The first-order chi connectivity index (χ1) is 6.31. The van der Waals surface area contributed by atoms with Crippen LogP contribution in [0.4, 0.5) is 4.53 Å². The minimum atomic E-state index is -0.641. The standard InChI is InChI=1S/C9H17FO3/c1-2-3-4-5-6-7-8-9(11)12-13-10/h2-8H2,1H3. The summed E-state index contributed by atoms with van der Waals surface area (Å²) in [7, 11) is 0. The molecular weight excluding hydrogens is 175 g/mol. The number of rotatable bonds is 8. The first kappa shape index (κ1) is 12.4. The maximum atomic E-state index is 11.0. The predicted molar refractivity (Wildman–Crippen MR) is 46.3 cm³/mol. The van der Waals surface area contributed by atoms with Crippen LogP contribution >= 0.6 is 0 Å². The Hall–Kier alpha value is -0.640. The van der Waals surface area contributed by atoms with Crippen LogP contribution in [0.3, 0.4) is 0 Å². The molecule has 0 radical (unpaired) electrons. The van der Waals surface area contributed by atoms with Gasteiger partial charge in [0.1, 0.15) is 0 Å². The van der Waals surface area contributed by atoms with E-state index in [9.17, 15) is 9.32 Å². The Balaban J connectivity index is 3.02. The van der Waals surface area contributed by atoms with Gasteiger partial charge in [0.15, 0.2) is 0 Å². The lowest BCUT2D eigenvalue weighted by Crippen LogP contribution is -2.01. The Morgan fingerprint density at radius 1 is 1.15 bits per heavy atom. The van der Waals surface area contributed by atoms with Crippen molar-refractivity contribution in [3.8, 4) is 0 Å². The Labute approximate surface area is 78.0 Å². The van der Waals surface area contributed by atoms with Crippen LogP contribution in [0.5, 0.6) is 0 Å². The van der Waals surface area contributed by atoms with Crippen LogP contribution in [0.2, 0.25) is 0 Å². The van der Waals surface area contributed by atoms with Crippen LogP contribution in [-0.2, 0) is 14.8 Å². The molecule has 0 unspecified atom stereocenters. The molecule has 0 N–H and O–H groups in total. The zero-order valence-electron chi connectivity index (χ0n) is 8.05. The molecule has 0 amide bonds. The molecule has 0 bridgehead atoms. The van der Waals surface area contributed by atoms with E-state index in [1.807, 2.05) is 0 Å². The van der Waals surface area contributed by atoms with Crippen LogP contribution in [0.1, 0.15) is 51.9 Å². The minimum Gasteiger partial charge on any atom is -0.265 e. The second-order valence-corrected chi connectivity index (χ2v) is 3.04. The summed E-state index contributed by atoms with van der Waals surface area (Å²) in [5.74, 6) is -0.641. The van der Waals surface area contributed by atoms with Crippen molar-refractivity contribution in [1.82, 2.24) is 0 Å². The maximum absolute atomic E-state index is 11.0. The molecule has 13 heavy (non-hydrogen) atoms. The summed E-state index contributed by atoms with van der Waals surface area (Å²) in [5, 5.41) is 2.75. The zero-order chi connectivity index (χ0) is 9.94. The van der Waals surface area contributed by atoms with Gasteiger partial charge >= 0.3 is 5.97 Å². The van der Waals surface area contributed by atoms with Crippen LogP contribution in [0.15, 0.2) is 0 Å². The van der Waals surface area contributed by atoms with Gasteiger partial charge in [-0.05, 0) is 10.9 Å². The number of hydrogen-bond acceptors (Lipinski definition) is 3. The third kappa shape index (κ3) is 9.27. The number of hydrogen-bond donors (Lipinski definition) is 0. The molecule has 0 aromatic rings. The molecule has 0 saturated heterocycles. The molecule has 0 saturated carbocycles. The van der Waals surface area contributed by atoms with Crippen LogP contribution in [0, 0.1) is 0 Å². The van der Waals surface area contributed by atoms with Crippen molar-refractivity contribution in [1.29, 1.82) is 0 Å². The molecule has 0 rings (SSSR count). The van der Waals surface area contributed by atoms with Crippen LogP contribution in [-0.4, -0.2) is 5.97 Å². The summed E-state index contributed by atoms with van der Waals surface area (Å²) in [6, 6.07) is 0. The molecule has 0 aromatic carbocycles. The molecule has 78 valence electrons. The fourth-order valence-corrected chi connectivity index (χ4v) is 1.13. The van der Waals surface area contributed by atoms with E-state index in [1.165, 1.54) is 19.3 Å². The predicted octanol–water partition coefficient (Wildman–Crippen LogP) is 3.10. The van der Waals surface area contributed by atoms with Gasteiger partial charge in [0.05, 0.1) is 0 Å². The van der Waals surface area contributed by atoms with Gasteiger partial charge in [-0.1, -0.05) is 39.0 Å². The van der Waals surface area contributed by atoms with Crippen molar-refractivity contribution >= 4 is 5.97 Å². The Morgan fingerprint density at radius 3 is 2.38 bits per heavy atom. The normalized spacial score (nSPS) is 10.0. The highest BCUT2D eigenvalue weighted by Gasteiger charge is 2.02. The number of carbonyl (C=O) groups excluding carboxylic acids is 1. The summed E-state index contributed by atoms with van der Waals surface area (Å²) in [4.78, 5) is 14.2. The van der Waals surface area contributed by atoms with Gasteiger partial charge in [0, 0.05) is 11.5 Å². The summed E-state index contributed by atoms with van der Waals surface area (Å²) in [6.45, 7) is 2.15. The Kier molecular flexibility index (Phi) is 8.98. The molecule has 0 aliphatic heterocycles. The highest BCUT2D eigenvalue weighted by Crippen LogP contribution is 2.07. The molecule has 0 atom stereocenters. The van der Waals surface area contributed by atoms with Gasteiger partial charge < -0.3 is 0 Å². The number of halogens is 1. The smallest absolute Gasteiger partial charge is 0.265 e. The minimum absolute atomic E-state index is 0.232. The highest BCUT2D eigenvalue weighted by atomic mass is 19.3. The van der Waals surface area contributed by atoms with E-state index in [0.29, 0.717) is 0 Å². The second kappa shape index (κ2) is 9.45. The van der Waals surface area contributed by atoms with E-state index in [4.69, 9.17) is 0 Å². The lowest BCUT2D eigenvalue weighted by atomic mass is 10.1. The summed E-state index contributed by atoms with van der Waals surface area (Å²) in [6.07, 6.45) is 6.72. The van der Waals surface area contributed by atoms with Crippen molar-refractivity contribution in [2.45, 2.75) is 51.9 Å². The van der Waals surface area contributed by atoms with Gasteiger partial charge in [-0.2, -0.15) is 0 Å². The van der Waals surface area contributed by atoms with Crippen molar-refractivity contribution in [2.75, 3.05) is 0 Å². The average Bonchev–Trinajstić information content (AvgIpc) is 2.11. The van der Waals surface area contributed by atoms with Gasteiger partial charge in [-0.15, -0.1) is 0 Å². The van der Waals surface area contributed by atoms with Crippen molar-refractivity contribution in [3.05, 3.63) is 0 Å². The average molecular weight is 192 g/mol. The fourth-order valence-electron chi connectivity index (χ4n) is 1.13. The molecule has 0 aliphatic carbocycles. The van der Waals surface area contributed by atoms with Crippen LogP contribution in [0.25, 0.3) is 0 Å². The zero-order valence-corrected chi connectivity index (χ0v) is 8.05. The van der Waals surface area contributed by atoms with Crippen molar-refractivity contribution in [2.24, 2.45) is 0 Å². The molecular formula is C9H17FO3. The Morgan fingerprint density at radius 2 is 1.77 bits per heavy atom. The van der Waals surface area contributed by atoms with E-state index < -0.39 is 5.97 Å². The first-order valence-electron chi connectivity index (χ1n) is 4.79. The molecule has 0 aromatic heterocycles. The Bertz CT molecular complexity index is 128. The molecule has 0 fully saturated rings. The third-order valence-electron chi connectivity index (χ3n) is 1.86. The third-order valence-corrected chi connectivity index (χ3v) is 1.86. The summed E-state index contributed by atoms with van der Waals surface area (Å²) >= 11 is 0. The number of unbranched alkanes of at least 4 members (excludes halogenated alkanes) is 5. The van der Waals surface area contributed by atoms with E-state index in [0.717, 1.165) is 19.3 Å². The van der Waals surface area contributed by atoms with E-state index in [-0.39, 0.29) is 6.42 Å². The molecule has 3 nitrogen and oxygen atoms in total. The largest absolute Gasteiger partial charge is 0.345 e. The fraction of sp³-hybridized carbons (Fsp3) is 0.889. The monoisotopic (exact) mass is 192 g/mol. The van der Waals surface area contributed by atoms with Gasteiger partial charge in [-0.25, -0.2) is 4.79 Å². The van der Waals surface area contributed by atoms with Crippen molar-refractivity contribution < 1.29 is 19.3 Å². The van der Waals surface area contributed by atoms with Gasteiger partial charge in [0.2, 0.25) is 0 Å². The molecule has 0 heterocycles.